The van der Waals surface area contributed by atoms with Crippen LogP contribution in [0.4, 0.5) is 0 Å². The van der Waals surface area contributed by atoms with Gasteiger partial charge in [0.25, 0.3) is 0 Å². The van der Waals surface area contributed by atoms with Crippen molar-refractivity contribution in [2.24, 2.45) is 29.6 Å². The summed E-state index contributed by atoms with van der Waals surface area (Å²) in [6.45, 7) is 12.1. The van der Waals surface area contributed by atoms with Crippen LogP contribution in [0.5, 0.6) is 0 Å². The maximum Gasteiger partial charge on any atom is -0.0381 e. The van der Waals surface area contributed by atoms with Gasteiger partial charge in [-0.2, -0.15) is 0 Å². The summed E-state index contributed by atoms with van der Waals surface area (Å²) in [5, 5.41) is 0. The number of hydrogen-bond acceptors (Lipinski definition) is 0. The molecule has 0 aliphatic heterocycles. The average Bonchev–Trinajstić information content (AvgIpc) is 2.90. The normalized spacial score (nSPS) is 26.1. The van der Waals surface area contributed by atoms with Crippen LogP contribution in [-0.4, -0.2) is 0 Å². The molecule has 4 atom stereocenters. The average molecular weight is 323 g/mol. The van der Waals surface area contributed by atoms with E-state index in [9.17, 15) is 0 Å². The standard InChI is InChI=1S/C23H46/c1-6-8-10-12-14-20(5)22-17-21(15-13-11-9-7-2)23(18-22)16-19(3)4/h19-23H,6-18H2,1-5H3. The fraction of sp³-hybridized carbons (Fsp3) is 1.00. The third-order valence-corrected chi connectivity index (χ3v) is 6.40. The molecule has 0 aromatic heterocycles. The fourth-order valence-corrected chi connectivity index (χ4v) is 4.93. The summed E-state index contributed by atoms with van der Waals surface area (Å²) in [5.74, 6) is 4.99. The third-order valence-electron chi connectivity index (χ3n) is 6.40. The zero-order valence-electron chi connectivity index (χ0n) is 17.1. The highest BCUT2D eigenvalue weighted by atomic mass is 14.4. The Balaban J connectivity index is 2.40. The van der Waals surface area contributed by atoms with Crippen LogP contribution in [0, 0.1) is 29.6 Å². The zero-order chi connectivity index (χ0) is 17.1. The van der Waals surface area contributed by atoms with Gasteiger partial charge < -0.3 is 0 Å². The second kappa shape index (κ2) is 12.4. The van der Waals surface area contributed by atoms with E-state index in [0.717, 1.165) is 29.6 Å². The first-order valence-electron chi connectivity index (χ1n) is 11.1. The van der Waals surface area contributed by atoms with Crippen LogP contribution in [0.1, 0.15) is 118 Å². The largest absolute Gasteiger partial charge is 0.0654 e. The van der Waals surface area contributed by atoms with Crippen LogP contribution in [0.15, 0.2) is 0 Å². The van der Waals surface area contributed by atoms with E-state index in [1.807, 2.05) is 0 Å². The van der Waals surface area contributed by atoms with Crippen LogP contribution < -0.4 is 0 Å². The number of rotatable bonds is 13. The summed E-state index contributed by atoms with van der Waals surface area (Å²) in [4.78, 5) is 0. The summed E-state index contributed by atoms with van der Waals surface area (Å²) in [6.07, 6.45) is 19.1. The molecule has 1 fully saturated rings. The van der Waals surface area contributed by atoms with Gasteiger partial charge in [-0.05, 0) is 48.9 Å². The van der Waals surface area contributed by atoms with E-state index in [1.165, 1.54) is 70.6 Å². The van der Waals surface area contributed by atoms with Crippen molar-refractivity contribution in [2.75, 3.05) is 0 Å². The first-order chi connectivity index (χ1) is 11.1. The highest BCUT2D eigenvalue weighted by molar-refractivity contribution is 4.86. The molecule has 1 aliphatic carbocycles. The van der Waals surface area contributed by atoms with Crippen molar-refractivity contribution in [1.82, 2.24) is 0 Å². The molecule has 138 valence electrons. The van der Waals surface area contributed by atoms with Crippen molar-refractivity contribution in [2.45, 2.75) is 118 Å². The molecule has 0 radical (unpaired) electrons. The zero-order valence-corrected chi connectivity index (χ0v) is 17.1. The van der Waals surface area contributed by atoms with Crippen LogP contribution in [0.2, 0.25) is 0 Å². The van der Waals surface area contributed by atoms with E-state index in [0.29, 0.717) is 0 Å². The van der Waals surface area contributed by atoms with E-state index in [4.69, 9.17) is 0 Å². The van der Waals surface area contributed by atoms with Crippen LogP contribution in [-0.2, 0) is 0 Å². The van der Waals surface area contributed by atoms with Gasteiger partial charge in [-0.1, -0.05) is 98.8 Å². The minimum atomic E-state index is 0.886. The van der Waals surface area contributed by atoms with Crippen molar-refractivity contribution in [3.63, 3.8) is 0 Å². The monoisotopic (exact) mass is 322 g/mol. The van der Waals surface area contributed by atoms with E-state index >= 15 is 0 Å². The predicted molar refractivity (Wildman–Crippen MR) is 106 cm³/mol. The topological polar surface area (TPSA) is 0 Å². The summed E-state index contributed by atoms with van der Waals surface area (Å²) < 4.78 is 0. The summed E-state index contributed by atoms with van der Waals surface area (Å²) in [5.41, 5.74) is 0. The molecule has 0 heterocycles. The second-order valence-corrected chi connectivity index (χ2v) is 9.06. The van der Waals surface area contributed by atoms with Gasteiger partial charge >= 0.3 is 0 Å². The lowest BCUT2D eigenvalue weighted by Crippen LogP contribution is -2.10. The van der Waals surface area contributed by atoms with Gasteiger partial charge in [-0.15, -0.1) is 0 Å². The van der Waals surface area contributed by atoms with Crippen LogP contribution >= 0.6 is 0 Å². The molecule has 0 spiro atoms. The molecule has 23 heavy (non-hydrogen) atoms. The summed E-state index contributed by atoms with van der Waals surface area (Å²) in [7, 11) is 0. The van der Waals surface area contributed by atoms with E-state index in [2.05, 4.69) is 34.6 Å². The smallest absolute Gasteiger partial charge is 0.0381 e. The maximum absolute atomic E-state index is 2.56. The van der Waals surface area contributed by atoms with E-state index in [1.54, 1.807) is 12.8 Å². The Morgan fingerprint density at radius 3 is 1.96 bits per heavy atom. The Bertz CT molecular complexity index is 267. The molecular weight excluding hydrogens is 276 g/mol. The molecule has 0 bridgehead atoms. The van der Waals surface area contributed by atoms with E-state index < -0.39 is 0 Å². The van der Waals surface area contributed by atoms with Crippen molar-refractivity contribution in [1.29, 1.82) is 0 Å². The van der Waals surface area contributed by atoms with Gasteiger partial charge in [-0.25, -0.2) is 0 Å². The maximum atomic E-state index is 2.56. The van der Waals surface area contributed by atoms with Gasteiger partial charge in [0.05, 0.1) is 0 Å². The molecule has 4 unspecified atom stereocenters. The highest BCUT2D eigenvalue weighted by Crippen LogP contribution is 2.46. The van der Waals surface area contributed by atoms with Gasteiger partial charge in [0.2, 0.25) is 0 Å². The first-order valence-corrected chi connectivity index (χ1v) is 11.1. The summed E-state index contributed by atoms with van der Waals surface area (Å²) in [6, 6.07) is 0. The minimum absolute atomic E-state index is 0.886. The van der Waals surface area contributed by atoms with Gasteiger partial charge in [0.1, 0.15) is 0 Å². The Hall–Kier alpha value is 0. The highest BCUT2D eigenvalue weighted by Gasteiger charge is 2.35. The van der Waals surface area contributed by atoms with Gasteiger partial charge in [-0.3, -0.25) is 0 Å². The molecule has 1 rings (SSSR count). The summed E-state index contributed by atoms with van der Waals surface area (Å²) >= 11 is 0. The Morgan fingerprint density at radius 2 is 1.35 bits per heavy atom. The molecule has 0 nitrogen and oxygen atoms in total. The van der Waals surface area contributed by atoms with Crippen LogP contribution in [0.3, 0.4) is 0 Å². The molecule has 1 aliphatic rings. The third kappa shape index (κ3) is 8.59. The van der Waals surface area contributed by atoms with Crippen molar-refractivity contribution in [3.05, 3.63) is 0 Å². The van der Waals surface area contributed by atoms with Crippen molar-refractivity contribution < 1.29 is 0 Å². The SMILES string of the molecule is CCCCCCC(C)C1CC(CCCCCC)C(CC(C)C)C1. The Labute approximate surface area is 148 Å². The molecule has 0 N–H and O–H groups in total. The Morgan fingerprint density at radius 1 is 0.739 bits per heavy atom. The number of unbranched alkanes of at least 4 members (excludes halogenated alkanes) is 6. The second-order valence-electron chi connectivity index (χ2n) is 9.06. The minimum Gasteiger partial charge on any atom is -0.0654 e. The van der Waals surface area contributed by atoms with Crippen LogP contribution in [0.25, 0.3) is 0 Å². The quantitative estimate of drug-likeness (QED) is 0.299. The molecular formula is C23H46. The molecule has 0 saturated heterocycles. The predicted octanol–water partition coefficient (Wildman–Crippen LogP) is 8.25. The molecule has 1 saturated carbocycles. The van der Waals surface area contributed by atoms with Gasteiger partial charge in [0.15, 0.2) is 0 Å². The Kier molecular flexibility index (Phi) is 11.3. The lowest BCUT2D eigenvalue weighted by Gasteiger charge is -2.21. The lowest BCUT2D eigenvalue weighted by molar-refractivity contribution is 0.299. The number of hydrogen-bond donors (Lipinski definition) is 0. The van der Waals surface area contributed by atoms with E-state index in [-0.39, 0.29) is 0 Å². The molecule has 0 aromatic carbocycles. The molecule has 0 amide bonds. The first kappa shape index (κ1) is 21.0. The molecule has 0 heteroatoms. The lowest BCUT2D eigenvalue weighted by atomic mass is 9.85. The fourth-order valence-electron chi connectivity index (χ4n) is 4.93. The van der Waals surface area contributed by atoms with Crippen molar-refractivity contribution in [3.8, 4) is 0 Å². The molecule has 0 aromatic rings. The van der Waals surface area contributed by atoms with Gasteiger partial charge in [0, 0.05) is 0 Å². The van der Waals surface area contributed by atoms with Crippen molar-refractivity contribution >= 4 is 0 Å².